The molecule has 2 aliphatic heterocycles. The molecular formula is C58H58N4OPt. The first-order valence-corrected chi connectivity index (χ1v) is 22.2. The Morgan fingerprint density at radius 3 is 1.91 bits per heavy atom. The fraction of sp³-hybridized carbons (Fsp3) is 0.276. The second-order valence-corrected chi connectivity index (χ2v) is 19.7. The molecule has 0 saturated carbocycles. The summed E-state index contributed by atoms with van der Waals surface area (Å²) < 4.78 is 6.89. The number of benzene rings is 6. The first-order valence-electron chi connectivity index (χ1n) is 22.2. The number of amidine groups is 1. The van der Waals surface area contributed by atoms with Gasteiger partial charge in [0.15, 0.2) is 0 Å². The van der Waals surface area contributed by atoms with E-state index in [0.717, 1.165) is 45.4 Å². The fourth-order valence-corrected chi connectivity index (χ4v) is 10.1. The normalized spacial score (nSPS) is 17.3. The Kier molecular flexibility index (Phi) is 11.7. The first-order chi connectivity index (χ1) is 30.0. The van der Waals surface area contributed by atoms with Crippen molar-refractivity contribution in [2.75, 3.05) is 9.80 Å². The number of hydrogen-bond acceptors (Lipinski definition) is 5. The SMILES string of the molecule is Cc1cc(Oc2[c-]c3c(cc2)C(C)(C)c2ccccc2N3c2cc(C(C)(C)C)ccn2)[c-]c(C2=N[C@](C)(C(c3ccccc3)c3ccccc3)C(C)(C)N2c2c(C)cccc2C)c1.[Pt+2]. The van der Waals surface area contributed by atoms with Crippen LogP contribution < -0.4 is 14.5 Å². The molecular weight excluding hydrogens is 964 g/mol. The number of nitrogens with zero attached hydrogens (tertiary/aromatic N) is 4. The first kappa shape index (κ1) is 44.8. The predicted octanol–water partition coefficient (Wildman–Crippen LogP) is 14.4. The number of aryl methyl sites for hydroxylation is 3. The Balaban J connectivity index is 0.00000560. The minimum atomic E-state index is -0.616. The predicted molar refractivity (Wildman–Crippen MR) is 261 cm³/mol. The zero-order valence-corrected chi connectivity index (χ0v) is 41.2. The topological polar surface area (TPSA) is 41.0 Å². The number of hydrogen-bond donors (Lipinski definition) is 0. The maximum atomic E-state index is 6.89. The van der Waals surface area contributed by atoms with Gasteiger partial charge in [0.05, 0.1) is 16.9 Å². The Hall–Kier alpha value is -5.77. The Morgan fingerprint density at radius 2 is 1.27 bits per heavy atom. The molecule has 6 aromatic carbocycles. The number of pyridine rings is 1. The summed E-state index contributed by atoms with van der Waals surface area (Å²) in [5.74, 6) is 2.89. The van der Waals surface area contributed by atoms with Crippen LogP contribution in [0.3, 0.4) is 0 Å². The van der Waals surface area contributed by atoms with Crippen LogP contribution in [0.25, 0.3) is 0 Å². The van der Waals surface area contributed by atoms with E-state index >= 15 is 0 Å². The van der Waals surface area contributed by atoms with Crippen molar-refractivity contribution in [2.24, 2.45) is 4.99 Å². The maximum Gasteiger partial charge on any atom is 2.00 e. The molecule has 9 rings (SSSR count). The van der Waals surface area contributed by atoms with Crippen molar-refractivity contribution >= 4 is 28.7 Å². The standard InChI is InChI=1S/C58H58N4O.Pt/c1-38-33-43(54-60-58(11,57(9,10)62(54)53-39(2)21-20-22-40(53)3)52(41-23-14-12-15-24-41)42-25-16-13-17-26-42)35-46(34-38)63-45-29-30-48-50(37-45)61(49-28-19-18-27-47(49)56(48,7)8)51-36-44(31-32-59-51)55(4,5)6;/h12-34,36,52H,1-11H3;/q-2;+2/t58-;/m1./s1. The van der Waals surface area contributed by atoms with Gasteiger partial charge < -0.3 is 19.5 Å². The van der Waals surface area contributed by atoms with Crippen molar-refractivity contribution in [1.82, 2.24) is 4.98 Å². The number of rotatable bonds is 8. The molecule has 326 valence electrons. The van der Waals surface area contributed by atoms with Crippen LogP contribution in [0.5, 0.6) is 11.5 Å². The molecule has 0 bridgehead atoms. The second kappa shape index (κ2) is 16.7. The van der Waals surface area contributed by atoms with Crippen molar-refractivity contribution in [2.45, 2.75) is 104 Å². The van der Waals surface area contributed by atoms with Crippen LogP contribution in [0.4, 0.5) is 22.9 Å². The van der Waals surface area contributed by atoms with Crippen molar-refractivity contribution < 1.29 is 25.8 Å². The van der Waals surface area contributed by atoms with Crippen molar-refractivity contribution in [3.63, 3.8) is 0 Å². The summed E-state index contributed by atoms with van der Waals surface area (Å²) in [5.41, 5.74) is 12.1. The van der Waals surface area contributed by atoms with Crippen LogP contribution >= 0.6 is 0 Å². The Morgan fingerprint density at radius 1 is 0.641 bits per heavy atom. The molecule has 1 atom stereocenters. The molecule has 0 radical (unpaired) electrons. The number of fused-ring (bicyclic) bond motifs is 2. The molecule has 0 fully saturated rings. The summed E-state index contributed by atoms with van der Waals surface area (Å²) in [5, 5.41) is 0. The summed E-state index contributed by atoms with van der Waals surface area (Å²) in [6.45, 7) is 24.8. The molecule has 0 saturated heterocycles. The average molecular weight is 1020 g/mol. The van der Waals surface area contributed by atoms with Crippen LogP contribution in [0.2, 0.25) is 0 Å². The molecule has 2 aliphatic rings. The van der Waals surface area contributed by atoms with Gasteiger partial charge in [0.2, 0.25) is 0 Å². The number of anilines is 4. The van der Waals surface area contributed by atoms with Crippen molar-refractivity contribution in [1.29, 1.82) is 0 Å². The third kappa shape index (κ3) is 7.60. The van der Waals surface area contributed by atoms with Crippen LogP contribution in [-0.2, 0) is 31.9 Å². The summed E-state index contributed by atoms with van der Waals surface area (Å²) in [6, 6.07) is 57.2. The maximum absolute atomic E-state index is 6.89. The van der Waals surface area contributed by atoms with Crippen LogP contribution in [-0.4, -0.2) is 21.9 Å². The van der Waals surface area contributed by atoms with E-state index in [1.807, 2.05) is 12.3 Å². The molecule has 3 heterocycles. The molecule has 6 heteroatoms. The van der Waals surface area contributed by atoms with Gasteiger partial charge in [0, 0.05) is 35.0 Å². The third-order valence-corrected chi connectivity index (χ3v) is 13.7. The summed E-state index contributed by atoms with van der Waals surface area (Å²) in [6.07, 6.45) is 1.92. The number of aliphatic imine (C=N–C) groups is 1. The van der Waals surface area contributed by atoms with E-state index in [1.54, 1.807) is 0 Å². The minimum absolute atomic E-state index is 0. The molecule has 0 unspecified atom stereocenters. The molecule has 0 aliphatic carbocycles. The van der Waals surface area contributed by atoms with E-state index in [0.29, 0.717) is 11.5 Å². The number of ether oxygens (including phenoxy) is 1. The van der Waals surface area contributed by atoms with Crippen LogP contribution in [0, 0.1) is 32.9 Å². The summed E-state index contributed by atoms with van der Waals surface area (Å²) in [7, 11) is 0. The Bertz CT molecular complexity index is 2820. The van der Waals surface area contributed by atoms with Gasteiger partial charge in [-0.15, -0.1) is 34.9 Å². The van der Waals surface area contributed by atoms with E-state index in [1.165, 1.54) is 33.4 Å². The zero-order chi connectivity index (χ0) is 44.5. The van der Waals surface area contributed by atoms with Gasteiger partial charge >= 0.3 is 21.1 Å². The van der Waals surface area contributed by atoms with Gasteiger partial charge in [-0.1, -0.05) is 156 Å². The van der Waals surface area contributed by atoms with Gasteiger partial charge in [-0.05, 0) is 97.0 Å². The molecule has 0 N–H and O–H groups in total. The van der Waals surface area contributed by atoms with Gasteiger partial charge in [0.25, 0.3) is 0 Å². The van der Waals surface area contributed by atoms with E-state index in [2.05, 4.69) is 232 Å². The van der Waals surface area contributed by atoms with E-state index in [4.69, 9.17) is 14.7 Å². The molecule has 0 amide bonds. The quantitative estimate of drug-likeness (QED) is 0.142. The number of aromatic nitrogens is 1. The molecule has 5 nitrogen and oxygen atoms in total. The van der Waals surface area contributed by atoms with Crippen LogP contribution in [0.1, 0.15) is 111 Å². The molecule has 64 heavy (non-hydrogen) atoms. The largest absolute Gasteiger partial charge is 2.00 e. The van der Waals surface area contributed by atoms with Crippen molar-refractivity contribution in [3.8, 4) is 11.5 Å². The van der Waals surface area contributed by atoms with Gasteiger partial charge in [0.1, 0.15) is 5.82 Å². The zero-order valence-electron chi connectivity index (χ0n) is 38.9. The summed E-state index contributed by atoms with van der Waals surface area (Å²) >= 11 is 0. The third-order valence-electron chi connectivity index (χ3n) is 13.7. The fourth-order valence-electron chi connectivity index (χ4n) is 10.1. The summed E-state index contributed by atoms with van der Waals surface area (Å²) in [4.78, 5) is 15.6. The van der Waals surface area contributed by atoms with E-state index in [-0.39, 0.29) is 37.8 Å². The number of para-hydroxylation sites is 2. The molecule has 7 aromatic rings. The monoisotopic (exact) mass is 1020 g/mol. The van der Waals surface area contributed by atoms with Crippen molar-refractivity contribution in [3.05, 3.63) is 208 Å². The average Bonchev–Trinajstić information content (AvgIpc) is 3.45. The van der Waals surface area contributed by atoms with Gasteiger partial charge in [-0.25, -0.2) is 4.98 Å². The van der Waals surface area contributed by atoms with Gasteiger partial charge in [-0.2, -0.15) is 6.07 Å². The molecule has 1 aromatic heterocycles. The van der Waals surface area contributed by atoms with E-state index < -0.39 is 11.1 Å². The smallest absolute Gasteiger partial charge is 0.503 e. The van der Waals surface area contributed by atoms with E-state index in [9.17, 15) is 0 Å². The Labute approximate surface area is 395 Å². The van der Waals surface area contributed by atoms with Gasteiger partial charge in [-0.3, -0.25) is 0 Å². The second-order valence-electron chi connectivity index (χ2n) is 19.7. The molecule has 0 spiro atoms. The minimum Gasteiger partial charge on any atom is -0.503 e. The van der Waals surface area contributed by atoms with Crippen LogP contribution in [0.15, 0.2) is 151 Å².